The summed E-state index contributed by atoms with van der Waals surface area (Å²) in [4.78, 5) is 0. The van der Waals surface area contributed by atoms with Crippen molar-refractivity contribution in [2.24, 2.45) is 5.84 Å². The van der Waals surface area contributed by atoms with Crippen LogP contribution in [-0.4, -0.2) is 18.7 Å². The Hall–Kier alpha value is -1.75. The summed E-state index contributed by atoms with van der Waals surface area (Å²) in [6.07, 6.45) is 0. The molecular formula is C15H20ClN3O. The molecule has 0 saturated carbocycles. The van der Waals surface area contributed by atoms with Gasteiger partial charge in [0.05, 0.1) is 14.1 Å². The predicted molar refractivity (Wildman–Crippen MR) is 77.4 cm³/mol. The number of anilines is 1. The van der Waals surface area contributed by atoms with Crippen LogP contribution in [0.1, 0.15) is 5.56 Å². The number of hydrogen-bond acceptors (Lipinski definition) is 3. The number of rotatable bonds is 4. The first kappa shape index (κ1) is 16.3. The van der Waals surface area contributed by atoms with Crippen molar-refractivity contribution in [3.63, 3.8) is 0 Å². The van der Waals surface area contributed by atoms with Crippen molar-refractivity contribution in [1.82, 2.24) is 0 Å². The molecule has 0 saturated heterocycles. The zero-order valence-electron chi connectivity index (χ0n) is 11.7. The molecule has 0 aliphatic rings. The van der Waals surface area contributed by atoms with Crippen molar-refractivity contribution in [3.8, 4) is 11.5 Å². The number of nitrogens with two attached hydrogens (primary N) is 2. The summed E-state index contributed by atoms with van der Waals surface area (Å²) in [5.41, 5.74) is 7.53. The number of quaternary nitrogens is 1. The predicted octanol–water partition coefficient (Wildman–Crippen LogP) is -0.485. The summed E-state index contributed by atoms with van der Waals surface area (Å²) in [6, 6.07) is 15.3. The number of halogens is 1. The molecule has 0 aromatic heterocycles. The highest BCUT2D eigenvalue weighted by Crippen LogP contribution is 2.22. The summed E-state index contributed by atoms with van der Waals surface area (Å²) >= 11 is 0. The summed E-state index contributed by atoms with van der Waals surface area (Å²) in [7, 11) is 3.91. The van der Waals surface area contributed by atoms with Crippen LogP contribution >= 0.6 is 0 Å². The molecule has 5 heteroatoms. The number of nitrogen functional groups attached to an aromatic ring is 1. The van der Waals surface area contributed by atoms with E-state index in [1.54, 1.807) is 0 Å². The zero-order chi connectivity index (χ0) is 13.9. The van der Waals surface area contributed by atoms with Crippen LogP contribution in [0.25, 0.3) is 0 Å². The quantitative estimate of drug-likeness (QED) is 0.346. The standard InChI is InChI=1S/C15H20N3O.ClH/c1-18(2,17)11-12-3-7-14(8-4-12)19-15-9-5-13(16)6-10-15;/h3-10H,11,16-17H2,1-2H3;1H/q+1;/p-1. The number of hydrogen-bond donors (Lipinski definition) is 2. The smallest absolute Gasteiger partial charge is 0.127 e. The molecule has 0 spiro atoms. The molecule has 0 heterocycles. The lowest BCUT2D eigenvalue weighted by atomic mass is 10.2. The second-order valence-electron chi connectivity index (χ2n) is 5.25. The molecule has 0 bridgehead atoms. The fraction of sp³-hybridized carbons (Fsp3) is 0.200. The van der Waals surface area contributed by atoms with Crippen molar-refractivity contribution in [2.75, 3.05) is 19.8 Å². The van der Waals surface area contributed by atoms with Crippen LogP contribution in [0.5, 0.6) is 11.5 Å². The van der Waals surface area contributed by atoms with E-state index in [1.165, 1.54) is 5.56 Å². The topological polar surface area (TPSA) is 61.3 Å². The third kappa shape index (κ3) is 5.09. The lowest BCUT2D eigenvalue weighted by molar-refractivity contribution is -0.915. The van der Waals surface area contributed by atoms with Gasteiger partial charge in [-0.1, -0.05) is 0 Å². The fourth-order valence-corrected chi connectivity index (χ4v) is 1.81. The monoisotopic (exact) mass is 293 g/mol. The van der Waals surface area contributed by atoms with Crippen LogP contribution in [0.4, 0.5) is 5.69 Å². The number of ether oxygens (including phenoxy) is 1. The molecule has 0 fully saturated rings. The van der Waals surface area contributed by atoms with Crippen LogP contribution < -0.4 is 28.7 Å². The Morgan fingerprint density at radius 1 is 0.900 bits per heavy atom. The molecule has 0 amide bonds. The third-order valence-electron chi connectivity index (χ3n) is 2.63. The van der Waals surface area contributed by atoms with Gasteiger partial charge in [-0.2, -0.15) is 5.84 Å². The first-order valence-electron chi connectivity index (χ1n) is 6.16. The van der Waals surface area contributed by atoms with Crippen molar-refractivity contribution >= 4 is 5.69 Å². The third-order valence-corrected chi connectivity index (χ3v) is 2.63. The summed E-state index contributed by atoms with van der Waals surface area (Å²) in [5.74, 6) is 7.51. The van der Waals surface area contributed by atoms with E-state index in [0.29, 0.717) is 4.59 Å². The van der Waals surface area contributed by atoms with Crippen LogP contribution in [0.3, 0.4) is 0 Å². The lowest BCUT2D eigenvalue weighted by Crippen LogP contribution is -3.00. The minimum Gasteiger partial charge on any atom is -1.00 e. The maximum Gasteiger partial charge on any atom is 0.127 e. The number of nitrogens with zero attached hydrogens (tertiary/aromatic N) is 1. The van der Waals surface area contributed by atoms with E-state index in [1.807, 2.05) is 62.6 Å². The normalized spacial score (nSPS) is 10.8. The molecule has 0 atom stereocenters. The van der Waals surface area contributed by atoms with E-state index in [9.17, 15) is 0 Å². The highest BCUT2D eigenvalue weighted by atomic mass is 35.5. The van der Waals surface area contributed by atoms with Gasteiger partial charge in [-0.15, -0.1) is 0 Å². The van der Waals surface area contributed by atoms with E-state index in [0.717, 1.165) is 23.7 Å². The minimum absolute atomic E-state index is 0. The minimum atomic E-state index is 0. The first-order valence-corrected chi connectivity index (χ1v) is 6.16. The van der Waals surface area contributed by atoms with Gasteiger partial charge in [0, 0.05) is 11.3 Å². The molecule has 0 radical (unpaired) electrons. The van der Waals surface area contributed by atoms with Crippen molar-refractivity contribution < 1.29 is 21.7 Å². The lowest BCUT2D eigenvalue weighted by Gasteiger charge is -2.22. The highest BCUT2D eigenvalue weighted by molar-refractivity contribution is 5.43. The second-order valence-corrected chi connectivity index (χ2v) is 5.25. The van der Waals surface area contributed by atoms with Gasteiger partial charge in [-0.05, 0) is 48.5 Å². The Morgan fingerprint density at radius 2 is 1.35 bits per heavy atom. The SMILES string of the molecule is C[N+](C)(N)Cc1ccc(Oc2ccc(N)cc2)cc1.[Cl-]. The van der Waals surface area contributed by atoms with Crippen molar-refractivity contribution in [1.29, 1.82) is 0 Å². The van der Waals surface area contributed by atoms with Crippen molar-refractivity contribution in [3.05, 3.63) is 54.1 Å². The summed E-state index contributed by atoms with van der Waals surface area (Å²) in [5, 5.41) is 0. The van der Waals surface area contributed by atoms with E-state index >= 15 is 0 Å². The molecule has 4 nitrogen and oxygen atoms in total. The molecule has 0 aliphatic heterocycles. The van der Waals surface area contributed by atoms with Gasteiger partial charge in [0.15, 0.2) is 0 Å². The van der Waals surface area contributed by atoms with E-state index < -0.39 is 0 Å². The number of benzene rings is 2. The summed E-state index contributed by atoms with van der Waals surface area (Å²) < 4.78 is 6.14. The Labute approximate surface area is 125 Å². The van der Waals surface area contributed by atoms with Crippen LogP contribution in [-0.2, 0) is 6.54 Å². The van der Waals surface area contributed by atoms with Gasteiger partial charge in [0.25, 0.3) is 0 Å². The molecular weight excluding hydrogens is 274 g/mol. The second kappa shape index (κ2) is 6.61. The molecule has 4 N–H and O–H groups in total. The Morgan fingerprint density at radius 3 is 1.80 bits per heavy atom. The largest absolute Gasteiger partial charge is 1.00 e. The zero-order valence-corrected chi connectivity index (χ0v) is 12.5. The van der Waals surface area contributed by atoms with Gasteiger partial charge in [0.1, 0.15) is 18.0 Å². The highest BCUT2D eigenvalue weighted by Gasteiger charge is 2.09. The molecule has 0 unspecified atom stereocenters. The van der Waals surface area contributed by atoms with Crippen molar-refractivity contribution in [2.45, 2.75) is 6.54 Å². The Balaban J connectivity index is 0.00000200. The van der Waals surface area contributed by atoms with Gasteiger partial charge < -0.3 is 22.9 Å². The van der Waals surface area contributed by atoms with Crippen LogP contribution in [0, 0.1) is 0 Å². The van der Waals surface area contributed by atoms with Crippen LogP contribution in [0.15, 0.2) is 48.5 Å². The maximum atomic E-state index is 5.94. The average molecular weight is 294 g/mol. The molecule has 2 aromatic rings. The van der Waals surface area contributed by atoms with Crippen LogP contribution in [0.2, 0.25) is 0 Å². The molecule has 108 valence electrons. The van der Waals surface area contributed by atoms with Gasteiger partial charge in [-0.3, -0.25) is 0 Å². The maximum absolute atomic E-state index is 5.94. The van der Waals surface area contributed by atoms with Gasteiger partial charge >= 0.3 is 0 Å². The summed E-state index contributed by atoms with van der Waals surface area (Å²) in [6.45, 7) is 0.780. The fourth-order valence-electron chi connectivity index (χ4n) is 1.81. The Bertz CT molecular complexity index is 533. The van der Waals surface area contributed by atoms with Gasteiger partial charge in [-0.25, -0.2) is 4.59 Å². The molecule has 20 heavy (non-hydrogen) atoms. The van der Waals surface area contributed by atoms with E-state index in [2.05, 4.69) is 0 Å². The average Bonchev–Trinajstić information content (AvgIpc) is 2.33. The van der Waals surface area contributed by atoms with Gasteiger partial charge in [0.2, 0.25) is 0 Å². The molecule has 2 rings (SSSR count). The van der Waals surface area contributed by atoms with E-state index in [-0.39, 0.29) is 12.4 Å². The van der Waals surface area contributed by atoms with E-state index in [4.69, 9.17) is 16.3 Å². The molecule has 2 aromatic carbocycles. The Kier molecular flexibility index (Phi) is 5.39. The molecule has 0 aliphatic carbocycles. The first-order chi connectivity index (χ1) is 8.92.